The summed E-state index contributed by atoms with van der Waals surface area (Å²) in [6, 6.07) is 13.7. The van der Waals surface area contributed by atoms with Gasteiger partial charge in [-0.3, -0.25) is 4.98 Å². The normalized spacial score (nSPS) is 15.2. The number of aryl methyl sites for hydroxylation is 2. The first-order chi connectivity index (χ1) is 14.6. The lowest BCUT2D eigenvalue weighted by molar-refractivity contribution is 0.0601. The van der Waals surface area contributed by atoms with Crippen LogP contribution in [-0.2, 0) is 11.2 Å². The highest BCUT2D eigenvalue weighted by Crippen LogP contribution is 2.35. The van der Waals surface area contributed by atoms with Crippen LogP contribution in [0.15, 0.2) is 54.9 Å². The first-order valence-corrected chi connectivity index (χ1v) is 10.1. The molecule has 0 bridgehead atoms. The fourth-order valence-corrected chi connectivity index (χ4v) is 3.92. The third-order valence-corrected chi connectivity index (χ3v) is 5.40. The summed E-state index contributed by atoms with van der Waals surface area (Å²) in [4.78, 5) is 20.5. The number of anilines is 1. The van der Waals surface area contributed by atoms with Crippen molar-refractivity contribution < 1.29 is 14.3 Å². The van der Waals surface area contributed by atoms with Gasteiger partial charge >= 0.3 is 5.97 Å². The molecule has 1 aliphatic carbocycles. The van der Waals surface area contributed by atoms with Crippen LogP contribution in [-0.4, -0.2) is 29.6 Å². The van der Waals surface area contributed by atoms with E-state index < -0.39 is 0 Å². The Labute approximate surface area is 176 Å². The zero-order valence-electron chi connectivity index (χ0n) is 17.2. The average Bonchev–Trinajstić information content (AvgIpc) is 2.77. The van der Waals surface area contributed by atoms with Gasteiger partial charge in [-0.25, -0.2) is 9.78 Å². The minimum absolute atomic E-state index is 0.352. The van der Waals surface area contributed by atoms with Crippen LogP contribution in [0.2, 0.25) is 0 Å². The number of benzene rings is 1. The molecule has 0 saturated heterocycles. The smallest absolute Gasteiger partial charge is 0.340 e. The summed E-state index contributed by atoms with van der Waals surface area (Å²) >= 11 is 0. The van der Waals surface area contributed by atoms with Gasteiger partial charge in [0.05, 0.1) is 24.6 Å². The summed E-state index contributed by atoms with van der Waals surface area (Å²) in [5.41, 5.74) is 4.75. The molecule has 0 spiro atoms. The Morgan fingerprint density at radius 3 is 2.97 bits per heavy atom. The highest BCUT2D eigenvalue weighted by atomic mass is 16.5. The van der Waals surface area contributed by atoms with Gasteiger partial charge in [-0.15, -0.1) is 0 Å². The lowest BCUT2D eigenvalue weighted by Crippen LogP contribution is -2.19. The average molecular weight is 403 g/mol. The first kappa shape index (κ1) is 19.9. The number of rotatable bonds is 6. The van der Waals surface area contributed by atoms with Crippen LogP contribution in [0.1, 0.15) is 45.9 Å². The number of hydrogen-bond donors (Lipinski definition) is 1. The van der Waals surface area contributed by atoms with Crippen molar-refractivity contribution in [1.82, 2.24) is 9.97 Å². The largest absolute Gasteiger partial charge is 0.465 e. The van der Waals surface area contributed by atoms with Gasteiger partial charge < -0.3 is 14.8 Å². The highest BCUT2D eigenvalue weighted by Gasteiger charge is 2.22. The molecule has 2 heterocycles. The molecule has 0 fully saturated rings. The van der Waals surface area contributed by atoms with Crippen LogP contribution in [0.25, 0.3) is 0 Å². The van der Waals surface area contributed by atoms with Crippen LogP contribution in [0.3, 0.4) is 0 Å². The topological polar surface area (TPSA) is 73.3 Å². The van der Waals surface area contributed by atoms with Gasteiger partial charge in [-0.1, -0.05) is 12.1 Å². The molecule has 2 aromatic heterocycles. The molecule has 0 saturated carbocycles. The molecule has 154 valence electrons. The van der Waals surface area contributed by atoms with Gasteiger partial charge in [-0.05, 0) is 61.6 Å². The Hall–Kier alpha value is -3.41. The van der Waals surface area contributed by atoms with E-state index in [1.807, 2.05) is 31.2 Å². The van der Waals surface area contributed by atoms with E-state index in [0.29, 0.717) is 23.0 Å². The molecule has 30 heavy (non-hydrogen) atoms. The Balaban J connectivity index is 1.49. The highest BCUT2D eigenvalue weighted by molar-refractivity contribution is 5.95. The number of carbonyl (C=O) groups excluding carboxylic acids is 1. The predicted molar refractivity (Wildman–Crippen MR) is 115 cm³/mol. The van der Waals surface area contributed by atoms with E-state index in [9.17, 15) is 4.79 Å². The molecule has 0 amide bonds. The molecule has 1 atom stereocenters. The molecule has 4 rings (SSSR count). The number of fused-ring (bicyclic) bond motifs is 1. The number of aromatic nitrogens is 2. The molecule has 6 nitrogen and oxygen atoms in total. The van der Waals surface area contributed by atoms with Crippen molar-refractivity contribution in [2.45, 2.75) is 32.1 Å². The summed E-state index contributed by atoms with van der Waals surface area (Å²) in [5, 5.41) is 3.40. The van der Waals surface area contributed by atoms with Crippen LogP contribution in [0.5, 0.6) is 11.6 Å². The van der Waals surface area contributed by atoms with E-state index in [2.05, 4.69) is 27.4 Å². The second kappa shape index (κ2) is 8.95. The third-order valence-electron chi connectivity index (χ3n) is 5.40. The maximum absolute atomic E-state index is 12.0. The maximum Gasteiger partial charge on any atom is 0.340 e. The van der Waals surface area contributed by atoms with E-state index in [-0.39, 0.29) is 5.97 Å². The number of pyridine rings is 2. The zero-order valence-corrected chi connectivity index (χ0v) is 17.2. The Bertz CT molecular complexity index is 1050. The van der Waals surface area contributed by atoms with Crippen LogP contribution in [0, 0.1) is 6.92 Å². The summed E-state index contributed by atoms with van der Waals surface area (Å²) < 4.78 is 10.8. The number of ether oxygens (including phenoxy) is 2. The van der Waals surface area contributed by atoms with Gasteiger partial charge in [0, 0.05) is 30.4 Å². The van der Waals surface area contributed by atoms with Gasteiger partial charge in [0.2, 0.25) is 5.88 Å². The second-order valence-electron chi connectivity index (χ2n) is 7.46. The number of methoxy groups -OCH3 is 1. The van der Waals surface area contributed by atoms with Crippen LogP contribution >= 0.6 is 0 Å². The minimum Gasteiger partial charge on any atom is -0.465 e. The molecule has 3 aromatic rings. The van der Waals surface area contributed by atoms with Crippen molar-refractivity contribution in [1.29, 1.82) is 0 Å². The number of carbonyl (C=O) groups is 1. The summed E-state index contributed by atoms with van der Waals surface area (Å²) in [7, 11) is 1.38. The summed E-state index contributed by atoms with van der Waals surface area (Å²) in [6.45, 7) is 2.67. The molecular weight excluding hydrogens is 378 g/mol. The molecule has 1 aliphatic rings. The Morgan fingerprint density at radius 2 is 2.13 bits per heavy atom. The standard InChI is InChI=1S/C24H25N3O3/c1-16-5-3-8-23(27-16)30-19-9-10-20-17(13-19)6-4-7-18(20)14-26-22-15-25-12-11-21(22)24(28)29-2/h3,5,8-13,15,18,26H,4,6-7,14H2,1-2H3. The number of esters is 1. The quantitative estimate of drug-likeness (QED) is 0.591. The lowest BCUT2D eigenvalue weighted by atomic mass is 9.82. The van der Waals surface area contributed by atoms with Gasteiger partial charge in [-0.2, -0.15) is 0 Å². The predicted octanol–water partition coefficient (Wildman–Crippen LogP) is 4.90. The number of nitrogens with one attached hydrogen (secondary N) is 1. The fourth-order valence-electron chi connectivity index (χ4n) is 3.92. The van der Waals surface area contributed by atoms with Gasteiger partial charge in [0.1, 0.15) is 5.75 Å². The molecule has 6 heteroatoms. The molecular formula is C24H25N3O3. The summed E-state index contributed by atoms with van der Waals surface area (Å²) in [5.74, 6) is 1.40. The van der Waals surface area contributed by atoms with Crippen LogP contribution < -0.4 is 10.1 Å². The SMILES string of the molecule is COC(=O)c1ccncc1NCC1CCCc2cc(Oc3cccc(C)n3)ccc21. The van der Waals surface area contributed by atoms with Crippen molar-refractivity contribution >= 4 is 11.7 Å². The van der Waals surface area contributed by atoms with Gasteiger partial charge in [0.25, 0.3) is 0 Å². The molecule has 0 aliphatic heterocycles. The lowest BCUT2D eigenvalue weighted by Gasteiger charge is -2.27. The van der Waals surface area contributed by atoms with Crippen molar-refractivity contribution in [3.05, 3.63) is 77.2 Å². The monoisotopic (exact) mass is 403 g/mol. The second-order valence-corrected chi connectivity index (χ2v) is 7.46. The Morgan fingerprint density at radius 1 is 1.23 bits per heavy atom. The van der Waals surface area contributed by atoms with Crippen molar-refractivity contribution in [2.24, 2.45) is 0 Å². The fraction of sp³-hybridized carbons (Fsp3) is 0.292. The van der Waals surface area contributed by atoms with E-state index in [4.69, 9.17) is 9.47 Å². The molecule has 0 radical (unpaired) electrons. The van der Waals surface area contributed by atoms with E-state index in [1.165, 1.54) is 18.2 Å². The number of hydrogen-bond acceptors (Lipinski definition) is 6. The van der Waals surface area contributed by atoms with E-state index >= 15 is 0 Å². The Kier molecular flexibility index (Phi) is 5.93. The zero-order chi connectivity index (χ0) is 20.9. The van der Waals surface area contributed by atoms with E-state index in [0.717, 1.165) is 37.3 Å². The molecule has 1 aromatic carbocycles. The van der Waals surface area contributed by atoms with Crippen molar-refractivity contribution in [2.75, 3.05) is 19.0 Å². The third kappa shape index (κ3) is 4.43. The number of nitrogens with zero attached hydrogens (tertiary/aromatic N) is 2. The summed E-state index contributed by atoms with van der Waals surface area (Å²) in [6.07, 6.45) is 6.50. The molecule has 1 unspecified atom stereocenters. The van der Waals surface area contributed by atoms with E-state index in [1.54, 1.807) is 18.5 Å². The van der Waals surface area contributed by atoms with Crippen molar-refractivity contribution in [3.8, 4) is 11.6 Å². The maximum atomic E-state index is 12.0. The van der Waals surface area contributed by atoms with Crippen LogP contribution in [0.4, 0.5) is 5.69 Å². The van der Waals surface area contributed by atoms with Gasteiger partial charge in [0.15, 0.2) is 0 Å². The minimum atomic E-state index is -0.365. The first-order valence-electron chi connectivity index (χ1n) is 10.1. The molecule has 1 N–H and O–H groups in total. The van der Waals surface area contributed by atoms with Crippen molar-refractivity contribution in [3.63, 3.8) is 0 Å².